The van der Waals surface area contributed by atoms with Crippen LogP contribution in [0.15, 0.2) is 5.16 Å². The predicted octanol–water partition coefficient (Wildman–Crippen LogP) is 1.32. The Kier molecular flexibility index (Phi) is 5.28. The number of nitrogens with two attached hydrogens (primary N) is 2. The third kappa shape index (κ3) is 3.64. The Labute approximate surface area is 153 Å². The van der Waals surface area contributed by atoms with Crippen LogP contribution in [0.1, 0.15) is 46.4 Å². The fourth-order valence-electron chi connectivity index (χ4n) is 2.85. The summed E-state index contributed by atoms with van der Waals surface area (Å²) in [5.74, 6) is 5.93. The highest BCUT2D eigenvalue weighted by Gasteiger charge is 2.25. The zero-order valence-corrected chi connectivity index (χ0v) is 15.5. The molecule has 0 radical (unpaired) electrons. The van der Waals surface area contributed by atoms with Crippen LogP contribution in [0.25, 0.3) is 0 Å². The van der Waals surface area contributed by atoms with Crippen molar-refractivity contribution in [3.63, 3.8) is 0 Å². The number of nitrogens with one attached hydrogen (secondary N) is 1. The van der Waals surface area contributed by atoms with Crippen LogP contribution in [0.4, 0.5) is 5.00 Å². The standard InChI is InChI=1S/C15H20N6O2S2/c1-2-10-19-20-15(21(10)17)24-7-11(22)18-14-12(13(16)23)8-5-3-4-6-9(8)25-14/h2-7,17H2,1H3,(H2,16,23)(H,18,22). The van der Waals surface area contributed by atoms with E-state index < -0.39 is 5.91 Å². The second-order valence-electron chi connectivity index (χ2n) is 5.74. The number of nitrogens with zero attached hydrogens (tertiary/aromatic N) is 3. The summed E-state index contributed by atoms with van der Waals surface area (Å²) in [7, 11) is 0. The zero-order chi connectivity index (χ0) is 18.0. The number of amides is 2. The Morgan fingerprint density at radius 3 is 2.76 bits per heavy atom. The Bertz CT molecular complexity index is 813. The van der Waals surface area contributed by atoms with Gasteiger partial charge in [0.1, 0.15) is 5.00 Å². The number of aryl methyl sites for hydroxylation is 2. The molecule has 0 bridgehead atoms. The van der Waals surface area contributed by atoms with Crippen molar-refractivity contribution in [2.24, 2.45) is 5.73 Å². The molecule has 1 aliphatic rings. The van der Waals surface area contributed by atoms with Crippen LogP contribution in [0, 0.1) is 0 Å². The molecule has 0 spiro atoms. The quantitative estimate of drug-likeness (QED) is 0.512. The Morgan fingerprint density at radius 2 is 2.08 bits per heavy atom. The minimum Gasteiger partial charge on any atom is -0.365 e. The topological polar surface area (TPSA) is 129 Å². The Balaban J connectivity index is 1.69. The van der Waals surface area contributed by atoms with Gasteiger partial charge in [-0.15, -0.1) is 21.5 Å². The van der Waals surface area contributed by atoms with E-state index in [1.165, 1.54) is 27.8 Å². The summed E-state index contributed by atoms with van der Waals surface area (Å²) >= 11 is 2.65. The minimum atomic E-state index is -0.489. The molecule has 2 aromatic rings. The van der Waals surface area contributed by atoms with Crippen LogP contribution in [0.5, 0.6) is 0 Å². The Hall–Kier alpha value is -2.07. The SMILES string of the molecule is CCc1nnc(SCC(=O)Nc2sc3c(c2C(N)=O)CCCC3)n1N. The molecular weight excluding hydrogens is 360 g/mol. The monoisotopic (exact) mass is 380 g/mol. The number of carbonyl (C=O) groups excluding carboxylic acids is 2. The van der Waals surface area contributed by atoms with Gasteiger partial charge in [0.25, 0.3) is 5.91 Å². The summed E-state index contributed by atoms with van der Waals surface area (Å²) in [6.07, 6.45) is 4.57. The van der Waals surface area contributed by atoms with Crippen LogP contribution >= 0.6 is 23.1 Å². The molecule has 0 saturated heterocycles. The first-order chi connectivity index (χ1) is 12.0. The van der Waals surface area contributed by atoms with E-state index in [2.05, 4.69) is 15.5 Å². The van der Waals surface area contributed by atoms with Gasteiger partial charge in [-0.1, -0.05) is 18.7 Å². The average Bonchev–Trinajstić information content (AvgIpc) is 3.12. The highest BCUT2D eigenvalue weighted by atomic mass is 32.2. The number of rotatable bonds is 6. The average molecular weight is 380 g/mol. The van der Waals surface area contributed by atoms with Gasteiger partial charge >= 0.3 is 0 Å². The van der Waals surface area contributed by atoms with Crippen molar-refractivity contribution in [2.45, 2.75) is 44.2 Å². The molecule has 10 heteroatoms. The van der Waals surface area contributed by atoms with Gasteiger partial charge in [-0.05, 0) is 31.2 Å². The second kappa shape index (κ2) is 7.44. The lowest BCUT2D eigenvalue weighted by molar-refractivity contribution is -0.113. The largest absolute Gasteiger partial charge is 0.365 e. The summed E-state index contributed by atoms with van der Waals surface area (Å²) in [6.45, 7) is 1.93. The molecule has 8 nitrogen and oxygen atoms in total. The maximum atomic E-state index is 12.3. The van der Waals surface area contributed by atoms with Gasteiger partial charge in [-0.2, -0.15) is 0 Å². The maximum absolute atomic E-state index is 12.3. The first kappa shape index (κ1) is 17.7. The van der Waals surface area contributed by atoms with Gasteiger partial charge in [-0.3, -0.25) is 9.59 Å². The van der Waals surface area contributed by atoms with Crippen molar-refractivity contribution < 1.29 is 9.59 Å². The normalized spacial score (nSPS) is 13.5. The number of primary amides is 1. The highest BCUT2D eigenvalue weighted by Crippen LogP contribution is 2.38. The van der Waals surface area contributed by atoms with Crippen molar-refractivity contribution in [1.29, 1.82) is 0 Å². The zero-order valence-electron chi connectivity index (χ0n) is 13.9. The van der Waals surface area contributed by atoms with E-state index in [4.69, 9.17) is 11.6 Å². The molecule has 5 N–H and O–H groups in total. The number of carbonyl (C=O) groups is 2. The van der Waals surface area contributed by atoms with Crippen LogP contribution in [-0.4, -0.2) is 32.4 Å². The first-order valence-corrected chi connectivity index (χ1v) is 9.87. The van der Waals surface area contributed by atoms with Gasteiger partial charge in [0, 0.05) is 11.3 Å². The summed E-state index contributed by atoms with van der Waals surface area (Å²) in [5, 5.41) is 11.8. The number of thioether (sulfide) groups is 1. The smallest absolute Gasteiger partial charge is 0.251 e. The van der Waals surface area contributed by atoms with E-state index in [1.54, 1.807) is 0 Å². The van der Waals surface area contributed by atoms with E-state index >= 15 is 0 Å². The lowest BCUT2D eigenvalue weighted by Crippen LogP contribution is -2.20. The molecule has 2 heterocycles. The molecule has 2 amide bonds. The lowest BCUT2D eigenvalue weighted by atomic mass is 9.95. The van der Waals surface area contributed by atoms with E-state index in [-0.39, 0.29) is 11.7 Å². The molecular formula is C15H20N6O2S2. The van der Waals surface area contributed by atoms with Crippen LogP contribution in [0.2, 0.25) is 0 Å². The number of anilines is 1. The van der Waals surface area contributed by atoms with Crippen molar-refractivity contribution >= 4 is 39.9 Å². The first-order valence-electron chi connectivity index (χ1n) is 8.07. The summed E-state index contributed by atoms with van der Waals surface area (Å²) in [5.41, 5.74) is 7.00. The summed E-state index contributed by atoms with van der Waals surface area (Å²) < 4.78 is 1.39. The van der Waals surface area contributed by atoms with Gasteiger partial charge in [0.2, 0.25) is 11.1 Å². The third-order valence-electron chi connectivity index (χ3n) is 4.05. The molecule has 0 unspecified atom stereocenters. The third-order valence-corrected chi connectivity index (χ3v) is 6.20. The molecule has 0 saturated carbocycles. The van der Waals surface area contributed by atoms with Crippen molar-refractivity contribution in [1.82, 2.24) is 14.9 Å². The number of fused-ring (bicyclic) bond motifs is 1. The molecule has 134 valence electrons. The number of thiophene rings is 1. The van der Waals surface area contributed by atoms with E-state index in [9.17, 15) is 9.59 Å². The summed E-state index contributed by atoms with van der Waals surface area (Å²) in [6, 6.07) is 0. The van der Waals surface area contributed by atoms with Crippen LogP contribution in [0.3, 0.4) is 0 Å². The number of nitrogen functional groups attached to an aromatic ring is 1. The van der Waals surface area contributed by atoms with Gasteiger partial charge in [-0.25, -0.2) is 4.68 Å². The van der Waals surface area contributed by atoms with Gasteiger partial charge in [0.15, 0.2) is 5.82 Å². The molecule has 0 aromatic carbocycles. The summed E-state index contributed by atoms with van der Waals surface area (Å²) in [4.78, 5) is 25.3. The van der Waals surface area contributed by atoms with E-state index in [0.717, 1.165) is 36.1 Å². The molecule has 0 atom stereocenters. The van der Waals surface area contributed by atoms with Crippen molar-refractivity contribution in [2.75, 3.05) is 16.9 Å². The molecule has 0 fully saturated rings. The molecule has 2 aromatic heterocycles. The van der Waals surface area contributed by atoms with Gasteiger partial charge < -0.3 is 16.9 Å². The second-order valence-corrected chi connectivity index (χ2v) is 7.79. The van der Waals surface area contributed by atoms with Crippen molar-refractivity contribution in [3.8, 4) is 0 Å². The molecule has 25 heavy (non-hydrogen) atoms. The van der Waals surface area contributed by atoms with E-state index in [1.807, 2.05) is 6.92 Å². The molecule has 0 aliphatic heterocycles. The Morgan fingerprint density at radius 1 is 1.32 bits per heavy atom. The molecule has 3 rings (SSSR count). The lowest BCUT2D eigenvalue weighted by Gasteiger charge is -2.11. The van der Waals surface area contributed by atoms with Crippen LogP contribution < -0.4 is 16.9 Å². The highest BCUT2D eigenvalue weighted by molar-refractivity contribution is 7.99. The van der Waals surface area contributed by atoms with Gasteiger partial charge in [0.05, 0.1) is 11.3 Å². The maximum Gasteiger partial charge on any atom is 0.251 e. The molecule has 1 aliphatic carbocycles. The van der Waals surface area contributed by atoms with Crippen molar-refractivity contribution in [3.05, 3.63) is 21.8 Å². The predicted molar refractivity (Wildman–Crippen MR) is 98.4 cm³/mol. The fraction of sp³-hybridized carbons (Fsp3) is 0.467. The minimum absolute atomic E-state index is 0.125. The van der Waals surface area contributed by atoms with E-state index in [0.29, 0.717) is 28.0 Å². The van der Waals surface area contributed by atoms with Crippen LogP contribution in [-0.2, 0) is 24.1 Å². The number of aromatic nitrogens is 3. The number of hydrogen-bond acceptors (Lipinski definition) is 7. The fourth-order valence-corrected chi connectivity index (χ4v) is 4.84. The number of hydrogen-bond donors (Lipinski definition) is 3.